The molecule has 1 aromatic rings. The van der Waals surface area contributed by atoms with Crippen molar-refractivity contribution in [2.45, 2.75) is 33.6 Å². The van der Waals surface area contributed by atoms with Gasteiger partial charge >= 0.3 is 0 Å². The second kappa shape index (κ2) is 6.43. The highest BCUT2D eigenvalue weighted by Gasteiger charge is 2.06. The molecule has 0 bridgehead atoms. The summed E-state index contributed by atoms with van der Waals surface area (Å²) < 4.78 is 0. The van der Waals surface area contributed by atoms with E-state index >= 15 is 0 Å². The first-order chi connectivity index (χ1) is 7.65. The van der Waals surface area contributed by atoms with Crippen LogP contribution in [0.3, 0.4) is 0 Å². The van der Waals surface area contributed by atoms with E-state index < -0.39 is 0 Å². The van der Waals surface area contributed by atoms with Gasteiger partial charge in [-0.1, -0.05) is 13.3 Å². The molecule has 1 rings (SSSR count). The van der Waals surface area contributed by atoms with Crippen LogP contribution in [-0.4, -0.2) is 28.2 Å². The lowest BCUT2D eigenvalue weighted by molar-refractivity contribution is 0.258. The Kier molecular flexibility index (Phi) is 5.19. The number of aliphatic hydroxyl groups excluding tert-OH is 1. The standard InChI is InChI=1S/C12H21N3O/c1-4-11(5-6-16)8-13-12-14-9(2)7-10(3)15-12/h7,11,16H,4-6,8H2,1-3H3,(H,13,14,15). The maximum Gasteiger partial charge on any atom is 0.223 e. The van der Waals surface area contributed by atoms with Crippen molar-refractivity contribution in [1.29, 1.82) is 0 Å². The fourth-order valence-corrected chi connectivity index (χ4v) is 1.67. The summed E-state index contributed by atoms with van der Waals surface area (Å²) in [6, 6.07) is 1.95. The van der Waals surface area contributed by atoms with E-state index in [9.17, 15) is 0 Å². The van der Waals surface area contributed by atoms with E-state index in [2.05, 4.69) is 22.2 Å². The Morgan fingerprint density at radius 3 is 2.44 bits per heavy atom. The van der Waals surface area contributed by atoms with Gasteiger partial charge in [0.25, 0.3) is 0 Å². The fourth-order valence-electron chi connectivity index (χ4n) is 1.67. The zero-order valence-corrected chi connectivity index (χ0v) is 10.3. The van der Waals surface area contributed by atoms with Gasteiger partial charge in [0.05, 0.1) is 0 Å². The maximum atomic E-state index is 8.89. The number of rotatable bonds is 6. The number of anilines is 1. The molecule has 0 spiro atoms. The van der Waals surface area contributed by atoms with Gasteiger partial charge < -0.3 is 10.4 Å². The molecule has 1 aromatic heterocycles. The van der Waals surface area contributed by atoms with Crippen molar-refractivity contribution in [3.63, 3.8) is 0 Å². The summed E-state index contributed by atoms with van der Waals surface area (Å²) in [6.07, 6.45) is 1.88. The molecule has 0 amide bonds. The Balaban J connectivity index is 2.52. The first-order valence-electron chi connectivity index (χ1n) is 5.82. The number of nitrogens with one attached hydrogen (secondary N) is 1. The van der Waals surface area contributed by atoms with E-state index in [0.717, 1.165) is 30.8 Å². The smallest absolute Gasteiger partial charge is 0.223 e. The Morgan fingerprint density at radius 2 is 1.94 bits per heavy atom. The fraction of sp³-hybridized carbons (Fsp3) is 0.667. The quantitative estimate of drug-likeness (QED) is 0.773. The summed E-state index contributed by atoms with van der Waals surface area (Å²) >= 11 is 0. The lowest BCUT2D eigenvalue weighted by atomic mass is 10.0. The van der Waals surface area contributed by atoms with Crippen molar-refractivity contribution in [1.82, 2.24) is 9.97 Å². The van der Waals surface area contributed by atoms with Crippen molar-refractivity contribution in [3.8, 4) is 0 Å². The minimum atomic E-state index is 0.244. The molecule has 0 saturated heterocycles. The van der Waals surface area contributed by atoms with Gasteiger partial charge in [0.15, 0.2) is 0 Å². The van der Waals surface area contributed by atoms with Crippen molar-refractivity contribution in [2.75, 3.05) is 18.5 Å². The van der Waals surface area contributed by atoms with Crippen LogP contribution in [0.2, 0.25) is 0 Å². The van der Waals surface area contributed by atoms with Crippen molar-refractivity contribution in [3.05, 3.63) is 17.5 Å². The third kappa shape index (κ3) is 4.14. The van der Waals surface area contributed by atoms with E-state index in [4.69, 9.17) is 5.11 Å². The normalized spacial score (nSPS) is 12.5. The summed E-state index contributed by atoms with van der Waals surface area (Å²) in [6.45, 7) is 7.12. The second-order valence-electron chi connectivity index (χ2n) is 4.14. The number of aryl methyl sites for hydroxylation is 2. The summed E-state index contributed by atoms with van der Waals surface area (Å²) in [4.78, 5) is 8.63. The summed E-state index contributed by atoms with van der Waals surface area (Å²) in [5, 5.41) is 12.1. The molecule has 4 heteroatoms. The number of aromatic nitrogens is 2. The van der Waals surface area contributed by atoms with E-state index in [1.165, 1.54) is 0 Å². The molecule has 0 saturated carbocycles. The molecule has 2 N–H and O–H groups in total. The van der Waals surface area contributed by atoms with Gasteiger partial charge in [-0.15, -0.1) is 0 Å². The Morgan fingerprint density at radius 1 is 1.31 bits per heavy atom. The highest BCUT2D eigenvalue weighted by molar-refractivity contribution is 5.27. The van der Waals surface area contributed by atoms with Crippen LogP contribution < -0.4 is 5.32 Å². The van der Waals surface area contributed by atoms with Gasteiger partial charge in [0.1, 0.15) is 0 Å². The molecule has 0 aliphatic heterocycles. The highest BCUT2D eigenvalue weighted by atomic mass is 16.3. The molecule has 0 aliphatic rings. The Labute approximate surface area is 97.1 Å². The van der Waals surface area contributed by atoms with Crippen molar-refractivity contribution >= 4 is 5.95 Å². The third-order valence-corrected chi connectivity index (χ3v) is 2.65. The minimum absolute atomic E-state index is 0.244. The predicted octanol–water partition coefficient (Wildman–Crippen LogP) is 1.91. The van der Waals surface area contributed by atoms with Crippen LogP contribution >= 0.6 is 0 Å². The van der Waals surface area contributed by atoms with Gasteiger partial charge in [0.2, 0.25) is 5.95 Å². The zero-order valence-electron chi connectivity index (χ0n) is 10.3. The summed E-state index contributed by atoms with van der Waals surface area (Å²) in [5.41, 5.74) is 1.95. The summed E-state index contributed by atoms with van der Waals surface area (Å²) in [5.74, 6) is 1.17. The molecule has 1 heterocycles. The van der Waals surface area contributed by atoms with E-state index in [0.29, 0.717) is 11.9 Å². The number of nitrogens with zero attached hydrogens (tertiary/aromatic N) is 2. The topological polar surface area (TPSA) is 58.0 Å². The van der Waals surface area contributed by atoms with Crippen LogP contribution in [0.5, 0.6) is 0 Å². The SMILES string of the molecule is CCC(CCO)CNc1nc(C)cc(C)n1. The molecule has 4 nitrogen and oxygen atoms in total. The monoisotopic (exact) mass is 223 g/mol. The Hall–Kier alpha value is -1.16. The first-order valence-corrected chi connectivity index (χ1v) is 5.82. The third-order valence-electron chi connectivity index (χ3n) is 2.65. The number of hydrogen-bond acceptors (Lipinski definition) is 4. The maximum absolute atomic E-state index is 8.89. The largest absolute Gasteiger partial charge is 0.396 e. The van der Waals surface area contributed by atoms with Crippen LogP contribution in [0.1, 0.15) is 31.2 Å². The predicted molar refractivity (Wildman–Crippen MR) is 65.5 cm³/mol. The van der Waals surface area contributed by atoms with Crippen LogP contribution in [0.25, 0.3) is 0 Å². The molecular weight excluding hydrogens is 202 g/mol. The van der Waals surface area contributed by atoms with E-state index in [1.54, 1.807) is 0 Å². The van der Waals surface area contributed by atoms with Crippen molar-refractivity contribution < 1.29 is 5.11 Å². The molecule has 0 aliphatic carbocycles. The molecular formula is C12H21N3O. The molecule has 0 aromatic carbocycles. The zero-order chi connectivity index (χ0) is 12.0. The number of hydrogen-bond donors (Lipinski definition) is 2. The van der Waals surface area contributed by atoms with Gasteiger partial charge in [-0.2, -0.15) is 0 Å². The average Bonchev–Trinajstić information content (AvgIpc) is 2.23. The molecule has 0 radical (unpaired) electrons. The lowest BCUT2D eigenvalue weighted by Gasteiger charge is -2.14. The summed E-state index contributed by atoms with van der Waals surface area (Å²) in [7, 11) is 0. The van der Waals surface area contributed by atoms with Crippen LogP contribution in [0.4, 0.5) is 5.95 Å². The Bertz CT molecular complexity index is 308. The molecule has 0 fully saturated rings. The second-order valence-corrected chi connectivity index (χ2v) is 4.14. The van der Waals surface area contributed by atoms with Crippen LogP contribution in [0, 0.1) is 19.8 Å². The van der Waals surface area contributed by atoms with Gasteiger partial charge in [-0.05, 0) is 32.3 Å². The highest BCUT2D eigenvalue weighted by Crippen LogP contribution is 2.09. The van der Waals surface area contributed by atoms with Gasteiger partial charge in [-0.3, -0.25) is 0 Å². The molecule has 90 valence electrons. The van der Waals surface area contributed by atoms with Gasteiger partial charge in [0, 0.05) is 24.5 Å². The van der Waals surface area contributed by atoms with Crippen LogP contribution in [-0.2, 0) is 0 Å². The van der Waals surface area contributed by atoms with Crippen molar-refractivity contribution in [2.24, 2.45) is 5.92 Å². The van der Waals surface area contributed by atoms with Crippen LogP contribution in [0.15, 0.2) is 6.07 Å². The van der Waals surface area contributed by atoms with E-state index in [-0.39, 0.29) is 6.61 Å². The number of aliphatic hydroxyl groups is 1. The molecule has 1 unspecified atom stereocenters. The van der Waals surface area contributed by atoms with Gasteiger partial charge in [-0.25, -0.2) is 9.97 Å². The lowest BCUT2D eigenvalue weighted by Crippen LogP contribution is -2.16. The molecule has 16 heavy (non-hydrogen) atoms. The molecule has 1 atom stereocenters. The van der Waals surface area contributed by atoms with E-state index in [1.807, 2.05) is 19.9 Å². The average molecular weight is 223 g/mol. The first kappa shape index (κ1) is 12.9. The minimum Gasteiger partial charge on any atom is -0.396 e.